The molecule has 0 radical (unpaired) electrons. The summed E-state index contributed by atoms with van der Waals surface area (Å²) < 4.78 is 42.9. The lowest BCUT2D eigenvalue weighted by Crippen LogP contribution is -2.56. The van der Waals surface area contributed by atoms with Gasteiger partial charge in [0.1, 0.15) is 17.9 Å². The minimum Gasteiger partial charge on any atom is -0.470 e. The van der Waals surface area contributed by atoms with E-state index in [1.165, 1.54) is 12.1 Å². The number of alkyl halides is 3. The Labute approximate surface area is 113 Å². The highest BCUT2D eigenvalue weighted by Crippen LogP contribution is 2.29. The van der Waals surface area contributed by atoms with Crippen LogP contribution in [0.1, 0.15) is 5.69 Å². The maximum absolute atomic E-state index is 12.5. The molecule has 0 bridgehead atoms. The van der Waals surface area contributed by atoms with Crippen LogP contribution in [0, 0.1) is 0 Å². The van der Waals surface area contributed by atoms with Crippen molar-refractivity contribution in [3.8, 4) is 5.88 Å². The number of aliphatic hydroxyl groups excluding tert-OH is 2. The van der Waals surface area contributed by atoms with Gasteiger partial charge in [0.25, 0.3) is 0 Å². The third-order valence-corrected chi connectivity index (χ3v) is 3.05. The molecule has 8 heteroatoms. The first-order chi connectivity index (χ1) is 9.27. The molecule has 1 fully saturated rings. The minimum atomic E-state index is -4.55. The van der Waals surface area contributed by atoms with E-state index in [0.29, 0.717) is 0 Å². The van der Waals surface area contributed by atoms with Crippen molar-refractivity contribution in [2.24, 2.45) is 0 Å². The molecule has 1 aromatic rings. The highest BCUT2D eigenvalue weighted by atomic mass is 19.4. The van der Waals surface area contributed by atoms with Gasteiger partial charge in [-0.15, -0.1) is 0 Å². The van der Waals surface area contributed by atoms with E-state index in [9.17, 15) is 23.4 Å². The molecule has 1 aliphatic heterocycles. The molecule has 1 saturated heterocycles. The molecule has 1 aliphatic rings. The Kier molecular flexibility index (Phi) is 4.17. The van der Waals surface area contributed by atoms with Crippen LogP contribution in [0.3, 0.4) is 0 Å². The average molecular weight is 292 g/mol. The van der Waals surface area contributed by atoms with Crippen molar-refractivity contribution < 1.29 is 28.1 Å². The molecule has 0 saturated carbocycles. The number of hydrogen-bond acceptors (Lipinski definition) is 5. The van der Waals surface area contributed by atoms with E-state index in [0.717, 1.165) is 6.07 Å². The Morgan fingerprint density at radius 1 is 1.30 bits per heavy atom. The molecule has 0 unspecified atom stereocenters. The number of halogens is 3. The lowest BCUT2D eigenvalue weighted by molar-refractivity contribution is -0.141. The number of rotatable bonds is 2. The summed E-state index contributed by atoms with van der Waals surface area (Å²) in [7, 11) is 1.71. The van der Waals surface area contributed by atoms with Crippen LogP contribution in [0.5, 0.6) is 5.88 Å². The van der Waals surface area contributed by atoms with E-state index < -0.39 is 30.2 Å². The molecule has 0 aromatic carbocycles. The van der Waals surface area contributed by atoms with E-state index in [2.05, 4.69) is 4.98 Å². The smallest absolute Gasteiger partial charge is 0.433 e. The van der Waals surface area contributed by atoms with Gasteiger partial charge in [0.05, 0.1) is 6.10 Å². The average Bonchev–Trinajstić information content (AvgIpc) is 2.35. The maximum Gasteiger partial charge on any atom is 0.433 e. The van der Waals surface area contributed by atoms with Crippen molar-refractivity contribution in [1.82, 2.24) is 9.88 Å². The monoisotopic (exact) mass is 292 g/mol. The number of aromatic nitrogens is 1. The number of nitrogens with zero attached hydrogens (tertiary/aromatic N) is 2. The molecule has 5 nitrogen and oxygen atoms in total. The molecule has 0 amide bonds. The third-order valence-electron chi connectivity index (χ3n) is 3.05. The summed E-state index contributed by atoms with van der Waals surface area (Å²) in [5, 5.41) is 19.4. The van der Waals surface area contributed by atoms with Gasteiger partial charge < -0.3 is 14.9 Å². The fourth-order valence-corrected chi connectivity index (χ4v) is 2.07. The molecular weight excluding hydrogens is 277 g/mol. The number of hydrogen-bond donors (Lipinski definition) is 2. The van der Waals surface area contributed by atoms with Crippen LogP contribution < -0.4 is 4.74 Å². The fraction of sp³-hybridized carbons (Fsp3) is 0.583. The van der Waals surface area contributed by atoms with Crippen molar-refractivity contribution in [3.63, 3.8) is 0 Å². The molecular formula is C12H15F3N2O3. The predicted molar refractivity (Wildman–Crippen MR) is 63.2 cm³/mol. The van der Waals surface area contributed by atoms with E-state index >= 15 is 0 Å². The highest BCUT2D eigenvalue weighted by Gasteiger charge is 2.36. The van der Waals surface area contributed by atoms with Crippen molar-refractivity contribution in [2.45, 2.75) is 24.5 Å². The number of aliphatic hydroxyl groups is 2. The van der Waals surface area contributed by atoms with Crippen LogP contribution >= 0.6 is 0 Å². The van der Waals surface area contributed by atoms with Crippen LogP contribution in [0.15, 0.2) is 18.2 Å². The number of piperidine rings is 1. The van der Waals surface area contributed by atoms with Crippen LogP contribution in [0.2, 0.25) is 0 Å². The molecule has 112 valence electrons. The normalized spacial score (nSPS) is 28.4. The van der Waals surface area contributed by atoms with Gasteiger partial charge in [-0.1, -0.05) is 6.07 Å². The second-order valence-corrected chi connectivity index (χ2v) is 4.79. The molecule has 3 atom stereocenters. The first-order valence-electron chi connectivity index (χ1n) is 6.03. The molecule has 2 N–H and O–H groups in total. The van der Waals surface area contributed by atoms with Gasteiger partial charge in [-0.2, -0.15) is 13.2 Å². The van der Waals surface area contributed by atoms with Crippen molar-refractivity contribution in [1.29, 1.82) is 0 Å². The van der Waals surface area contributed by atoms with Gasteiger partial charge in [-0.05, 0) is 13.1 Å². The van der Waals surface area contributed by atoms with Gasteiger partial charge in [-0.25, -0.2) is 4.98 Å². The molecule has 20 heavy (non-hydrogen) atoms. The van der Waals surface area contributed by atoms with Crippen LogP contribution in [-0.4, -0.2) is 58.5 Å². The second-order valence-electron chi connectivity index (χ2n) is 4.79. The van der Waals surface area contributed by atoms with Crippen molar-refractivity contribution in [2.75, 3.05) is 20.1 Å². The number of ether oxygens (including phenoxy) is 1. The number of β-amino-alcohol motifs (C(OH)–C–C–N with tert-alkyl or cyclic N) is 1. The van der Waals surface area contributed by atoms with Gasteiger partial charge >= 0.3 is 6.18 Å². The van der Waals surface area contributed by atoms with Gasteiger partial charge in [0, 0.05) is 19.2 Å². The summed E-state index contributed by atoms with van der Waals surface area (Å²) in [4.78, 5) is 5.08. The zero-order valence-electron chi connectivity index (χ0n) is 10.7. The summed E-state index contributed by atoms with van der Waals surface area (Å²) in [6.45, 7) is 0.563. The van der Waals surface area contributed by atoms with E-state index in [-0.39, 0.29) is 19.0 Å². The Hall–Kier alpha value is -1.38. The maximum atomic E-state index is 12.5. The van der Waals surface area contributed by atoms with E-state index in [1.54, 1.807) is 11.9 Å². The largest absolute Gasteiger partial charge is 0.470 e. The summed E-state index contributed by atoms with van der Waals surface area (Å²) >= 11 is 0. The van der Waals surface area contributed by atoms with Crippen molar-refractivity contribution >= 4 is 0 Å². The molecule has 2 heterocycles. The Bertz CT molecular complexity index is 470. The molecule has 2 rings (SSSR count). The zero-order chi connectivity index (χ0) is 14.9. The minimum absolute atomic E-state index is 0.230. The number of likely N-dealkylation sites (tertiary alicyclic amines) is 1. The first-order valence-corrected chi connectivity index (χ1v) is 6.03. The molecule has 0 aliphatic carbocycles. The number of pyridine rings is 1. The quantitative estimate of drug-likeness (QED) is 0.832. The Balaban J connectivity index is 2.13. The van der Waals surface area contributed by atoms with Crippen LogP contribution in [0.25, 0.3) is 0 Å². The summed E-state index contributed by atoms with van der Waals surface area (Å²) in [6.07, 6.45) is -7.56. The van der Waals surface area contributed by atoms with Gasteiger partial charge in [0.15, 0.2) is 0 Å². The summed E-state index contributed by atoms with van der Waals surface area (Å²) in [5.74, 6) is -0.230. The van der Waals surface area contributed by atoms with Crippen molar-refractivity contribution in [3.05, 3.63) is 23.9 Å². The Morgan fingerprint density at radius 3 is 2.65 bits per heavy atom. The lowest BCUT2D eigenvalue weighted by Gasteiger charge is -2.37. The molecule has 1 aromatic heterocycles. The summed E-state index contributed by atoms with van der Waals surface area (Å²) in [6, 6.07) is 3.30. The molecule has 0 spiro atoms. The Morgan fingerprint density at radius 2 is 2.00 bits per heavy atom. The zero-order valence-corrected chi connectivity index (χ0v) is 10.7. The summed E-state index contributed by atoms with van der Waals surface area (Å²) in [5.41, 5.74) is -1.06. The van der Waals surface area contributed by atoms with E-state index in [1.807, 2.05) is 0 Å². The SMILES string of the molecule is CN1C[C@H](Oc2cccc(C(F)(F)F)n2)[C@@H](O)[C@@H](O)C1. The topological polar surface area (TPSA) is 65.8 Å². The lowest BCUT2D eigenvalue weighted by atomic mass is 10.0. The van der Waals surface area contributed by atoms with Crippen LogP contribution in [0.4, 0.5) is 13.2 Å². The first kappa shape index (κ1) is 15.0. The predicted octanol–water partition coefficient (Wildman–Crippen LogP) is 0.515. The second kappa shape index (κ2) is 5.55. The van der Waals surface area contributed by atoms with Gasteiger partial charge in [-0.3, -0.25) is 4.90 Å². The standard InChI is InChI=1S/C12H15F3N2O3/c1-17-5-7(18)11(19)8(6-17)20-10-4-2-3-9(16-10)12(13,14)15/h2-4,7-8,11,18-19H,5-6H2,1H3/t7-,8-,11-/m0/s1. The number of likely N-dealkylation sites (N-methyl/N-ethyl adjacent to an activating group) is 1. The van der Waals surface area contributed by atoms with Gasteiger partial charge in [0.2, 0.25) is 5.88 Å². The third kappa shape index (κ3) is 3.38. The fourth-order valence-electron chi connectivity index (χ4n) is 2.07. The van der Waals surface area contributed by atoms with E-state index in [4.69, 9.17) is 4.74 Å². The highest BCUT2D eigenvalue weighted by molar-refractivity contribution is 5.18. The van der Waals surface area contributed by atoms with Crippen LogP contribution in [-0.2, 0) is 6.18 Å².